The van der Waals surface area contributed by atoms with Crippen LogP contribution in [0.25, 0.3) is 0 Å². The highest BCUT2D eigenvalue weighted by Crippen LogP contribution is 2.12. The molecule has 94 valence electrons. The summed E-state index contributed by atoms with van der Waals surface area (Å²) >= 11 is 0. The van der Waals surface area contributed by atoms with Crippen LogP contribution in [-0.2, 0) is 0 Å². The van der Waals surface area contributed by atoms with Crippen molar-refractivity contribution < 1.29 is 5.11 Å². The third-order valence-electron chi connectivity index (χ3n) is 3.02. The molecule has 6 heteroatoms. The Bertz CT molecular complexity index is 406. The fraction of sp³-hybridized carbons (Fsp3) is 0.636. The molecule has 0 unspecified atom stereocenters. The summed E-state index contributed by atoms with van der Waals surface area (Å²) in [6.45, 7) is 4.62. The molecule has 2 rings (SSSR count). The topological polar surface area (TPSA) is 72.5 Å². The third-order valence-corrected chi connectivity index (χ3v) is 3.02. The molecule has 0 aliphatic carbocycles. The molecule has 0 radical (unpaired) electrons. The number of hydrogen-bond donors (Lipinski definition) is 2. The molecule has 17 heavy (non-hydrogen) atoms. The van der Waals surface area contributed by atoms with Gasteiger partial charge in [0.1, 0.15) is 0 Å². The predicted octanol–water partition coefficient (Wildman–Crippen LogP) is -0.726. The number of nitrogens with zero attached hydrogens (tertiary/aromatic N) is 3. The molecular weight excluding hydrogens is 220 g/mol. The number of H-pyrrole nitrogens is 1. The first-order valence-electron chi connectivity index (χ1n) is 5.92. The second kappa shape index (κ2) is 5.79. The van der Waals surface area contributed by atoms with Crippen LogP contribution in [-0.4, -0.2) is 59.5 Å². The van der Waals surface area contributed by atoms with Crippen molar-refractivity contribution >= 4 is 5.69 Å². The fourth-order valence-electron chi connectivity index (χ4n) is 2.13. The summed E-state index contributed by atoms with van der Waals surface area (Å²) in [7, 11) is 0. The Morgan fingerprint density at radius 1 is 1.35 bits per heavy atom. The standard InChI is InChI=1S/C11H18N4O2/c16-7-6-14-2-1-3-15(5-4-14)10-8-11(17)13-12-9-10/h8-9,16H,1-7H2,(H,13,17). The van der Waals surface area contributed by atoms with E-state index < -0.39 is 0 Å². The van der Waals surface area contributed by atoms with E-state index in [0.29, 0.717) is 0 Å². The molecule has 0 saturated carbocycles. The van der Waals surface area contributed by atoms with Crippen LogP contribution in [0.2, 0.25) is 0 Å². The lowest BCUT2D eigenvalue weighted by atomic mass is 10.3. The Morgan fingerprint density at radius 2 is 2.24 bits per heavy atom. The van der Waals surface area contributed by atoms with E-state index >= 15 is 0 Å². The fourth-order valence-corrected chi connectivity index (χ4v) is 2.13. The minimum absolute atomic E-state index is 0.168. The lowest BCUT2D eigenvalue weighted by molar-refractivity contribution is 0.204. The van der Waals surface area contributed by atoms with Crippen molar-refractivity contribution in [3.8, 4) is 0 Å². The molecule has 0 bridgehead atoms. The lowest BCUT2D eigenvalue weighted by Crippen LogP contribution is -2.32. The van der Waals surface area contributed by atoms with Gasteiger partial charge in [-0.1, -0.05) is 0 Å². The van der Waals surface area contributed by atoms with Gasteiger partial charge in [0.25, 0.3) is 5.56 Å². The molecule has 6 nitrogen and oxygen atoms in total. The van der Waals surface area contributed by atoms with Gasteiger partial charge in [0.2, 0.25) is 0 Å². The van der Waals surface area contributed by atoms with Crippen LogP contribution in [0.5, 0.6) is 0 Å². The molecule has 2 N–H and O–H groups in total. The summed E-state index contributed by atoms with van der Waals surface area (Å²) in [5.74, 6) is 0. The van der Waals surface area contributed by atoms with E-state index in [1.54, 1.807) is 12.3 Å². The van der Waals surface area contributed by atoms with Crippen LogP contribution in [0.4, 0.5) is 5.69 Å². The number of β-amino-alcohol motifs (C(OH)–C–C–N with tert-alkyl or cyclic N) is 1. The summed E-state index contributed by atoms with van der Waals surface area (Å²) in [4.78, 5) is 15.6. The number of anilines is 1. The quantitative estimate of drug-likeness (QED) is 0.726. The van der Waals surface area contributed by atoms with E-state index in [0.717, 1.165) is 44.8 Å². The number of aromatic nitrogens is 2. The van der Waals surface area contributed by atoms with Crippen molar-refractivity contribution in [3.05, 3.63) is 22.6 Å². The first-order chi connectivity index (χ1) is 8.29. The molecule has 0 spiro atoms. The van der Waals surface area contributed by atoms with Gasteiger partial charge in [-0.25, -0.2) is 5.10 Å². The molecule has 0 amide bonds. The van der Waals surface area contributed by atoms with E-state index in [1.807, 2.05) is 0 Å². The van der Waals surface area contributed by atoms with Gasteiger partial charge in [-0.05, 0) is 13.0 Å². The van der Waals surface area contributed by atoms with Crippen LogP contribution in [0, 0.1) is 0 Å². The van der Waals surface area contributed by atoms with Gasteiger partial charge in [-0.3, -0.25) is 9.69 Å². The summed E-state index contributed by atoms with van der Waals surface area (Å²) in [5.41, 5.74) is 0.707. The second-order valence-electron chi connectivity index (χ2n) is 4.21. The summed E-state index contributed by atoms with van der Waals surface area (Å²) < 4.78 is 0. The zero-order valence-corrected chi connectivity index (χ0v) is 9.80. The number of aliphatic hydroxyl groups excluding tert-OH is 1. The van der Waals surface area contributed by atoms with E-state index in [4.69, 9.17) is 5.11 Å². The second-order valence-corrected chi connectivity index (χ2v) is 4.21. The van der Waals surface area contributed by atoms with Crippen molar-refractivity contribution in [1.29, 1.82) is 0 Å². The molecule has 1 aromatic heterocycles. The van der Waals surface area contributed by atoms with Crippen molar-refractivity contribution in [2.75, 3.05) is 44.2 Å². The predicted molar refractivity (Wildman–Crippen MR) is 65.2 cm³/mol. The van der Waals surface area contributed by atoms with Crippen LogP contribution >= 0.6 is 0 Å². The van der Waals surface area contributed by atoms with E-state index in [9.17, 15) is 4.79 Å². The highest BCUT2D eigenvalue weighted by molar-refractivity contribution is 5.42. The summed E-state index contributed by atoms with van der Waals surface area (Å²) in [6.07, 6.45) is 2.72. The van der Waals surface area contributed by atoms with Gasteiger partial charge in [-0.15, -0.1) is 0 Å². The molecule has 0 atom stereocenters. The van der Waals surface area contributed by atoms with E-state index in [1.165, 1.54) is 0 Å². The van der Waals surface area contributed by atoms with Crippen molar-refractivity contribution in [1.82, 2.24) is 15.1 Å². The largest absolute Gasteiger partial charge is 0.395 e. The van der Waals surface area contributed by atoms with Crippen molar-refractivity contribution in [2.24, 2.45) is 0 Å². The molecule has 1 fully saturated rings. The third kappa shape index (κ3) is 3.28. The molecule has 0 aromatic carbocycles. The van der Waals surface area contributed by atoms with Crippen LogP contribution in [0.1, 0.15) is 6.42 Å². The first kappa shape index (κ1) is 12.1. The van der Waals surface area contributed by atoms with Gasteiger partial charge >= 0.3 is 0 Å². The van der Waals surface area contributed by atoms with Gasteiger partial charge in [-0.2, -0.15) is 5.10 Å². The number of nitrogens with one attached hydrogen (secondary N) is 1. The zero-order valence-electron chi connectivity index (χ0n) is 9.80. The minimum Gasteiger partial charge on any atom is -0.395 e. The maximum Gasteiger partial charge on any atom is 0.266 e. The van der Waals surface area contributed by atoms with Crippen LogP contribution in [0.15, 0.2) is 17.1 Å². The molecule has 1 aliphatic heterocycles. The van der Waals surface area contributed by atoms with Crippen molar-refractivity contribution in [2.45, 2.75) is 6.42 Å². The lowest BCUT2D eigenvalue weighted by Gasteiger charge is -2.22. The molecule has 2 heterocycles. The monoisotopic (exact) mass is 238 g/mol. The maximum absolute atomic E-state index is 11.2. The van der Waals surface area contributed by atoms with Crippen LogP contribution < -0.4 is 10.5 Å². The summed E-state index contributed by atoms with van der Waals surface area (Å²) in [6, 6.07) is 1.58. The molecule has 1 saturated heterocycles. The number of rotatable bonds is 3. The smallest absolute Gasteiger partial charge is 0.266 e. The average molecular weight is 238 g/mol. The van der Waals surface area contributed by atoms with Crippen molar-refractivity contribution in [3.63, 3.8) is 0 Å². The Kier molecular flexibility index (Phi) is 4.11. The highest BCUT2D eigenvalue weighted by Gasteiger charge is 2.14. The Balaban J connectivity index is 2.01. The number of aliphatic hydroxyl groups is 1. The molecular formula is C11H18N4O2. The van der Waals surface area contributed by atoms with Gasteiger partial charge in [0.05, 0.1) is 18.5 Å². The normalized spacial score (nSPS) is 18.1. The average Bonchev–Trinajstić information content (AvgIpc) is 2.55. The Hall–Kier alpha value is -1.40. The van der Waals surface area contributed by atoms with E-state index in [-0.39, 0.29) is 12.2 Å². The van der Waals surface area contributed by atoms with Crippen LogP contribution in [0.3, 0.4) is 0 Å². The van der Waals surface area contributed by atoms with Gasteiger partial charge in [0.15, 0.2) is 0 Å². The van der Waals surface area contributed by atoms with E-state index in [2.05, 4.69) is 20.0 Å². The Morgan fingerprint density at radius 3 is 3.00 bits per heavy atom. The Labute approximate surface area is 99.9 Å². The van der Waals surface area contributed by atoms with Gasteiger partial charge in [0, 0.05) is 32.2 Å². The molecule has 1 aliphatic rings. The number of hydrogen-bond acceptors (Lipinski definition) is 5. The number of aromatic amines is 1. The zero-order chi connectivity index (χ0) is 12.1. The first-order valence-corrected chi connectivity index (χ1v) is 5.92. The summed E-state index contributed by atoms with van der Waals surface area (Å²) in [5, 5.41) is 15.1. The highest BCUT2D eigenvalue weighted by atomic mass is 16.3. The molecule has 1 aromatic rings. The maximum atomic E-state index is 11.2. The van der Waals surface area contributed by atoms with Gasteiger partial charge < -0.3 is 10.0 Å². The minimum atomic E-state index is -0.168. The SMILES string of the molecule is O=c1cc(N2CCCN(CCO)CC2)cn[nH]1.